The van der Waals surface area contributed by atoms with E-state index in [1.165, 1.54) is 31.4 Å². The summed E-state index contributed by atoms with van der Waals surface area (Å²) in [6, 6.07) is 15.0. The van der Waals surface area contributed by atoms with Gasteiger partial charge in [-0.05, 0) is 49.6 Å². The van der Waals surface area contributed by atoms with Crippen molar-refractivity contribution in [1.29, 1.82) is 0 Å². The molecule has 1 fully saturated rings. The largest absolute Gasteiger partial charge is 0.269 e. The van der Waals surface area contributed by atoms with E-state index >= 15 is 0 Å². The first kappa shape index (κ1) is 21.6. The molecule has 0 amide bonds. The van der Waals surface area contributed by atoms with Gasteiger partial charge in [-0.25, -0.2) is 4.68 Å². The molecule has 0 atom stereocenters. The Morgan fingerprint density at radius 1 is 1.10 bits per heavy atom. The number of benzene rings is 2. The molecule has 1 heterocycles. The first-order chi connectivity index (χ1) is 15.0. The average Bonchev–Trinajstić information content (AvgIpc) is 3.17. The monoisotopic (exact) mass is 498 g/mol. The topological polar surface area (TPSA) is 72.8 Å². The fraction of sp³-hybridized carbons (Fsp3) is 0.304. The molecule has 2 aromatic carbocycles. The summed E-state index contributed by atoms with van der Waals surface area (Å²) in [4.78, 5) is 16.5. The fourth-order valence-corrected chi connectivity index (χ4v) is 4.87. The van der Waals surface area contributed by atoms with Crippen LogP contribution in [0, 0.1) is 10.1 Å². The lowest BCUT2D eigenvalue weighted by atomic mass is 9.96. The van der Waals surface area contributed by atoms with E-state index in [-0.39, 0.29) is 10.6 Å². The van der Waals surface area contributed by atoms with Crippen LogP contribution in [-0.2, 0) is 0 Å². The molecule has 1 saturated carbocycles. The van der Waals surface area contributed by atoms with Crippen molar-refractivity contribution in [2.45, 2.75) is 45.1 Å². The third-order valence-corrected chi connectivity index (χ3v) is 6.80. The summed E-state index contributed by atoms with van der Waals surface area (Å²) < 4.78 is 2.91. The number of hydrogen-bond donors (Lipinski definition) is 0. The molecule has 1 aromatic heterocycles. The molecular weight excluding hydrogens is 476 g/mol. The summed E-state index contributed by atoms with van der Waals surface area (Å²) in [5.41, 5.74) is 3.73. The molecular formula is C23H23BrN4O2S. The van der Waals surface area contributed by atoms with Gasteiger partial charge in [-0.3, -0.25) is 15.1 Å². The standard InChI is InChI=1S/C23H23BrN4O2S/c1-16(17-7-11-19(24)12-8-17)26-27-22(18-9-13-21(14-10-18)28(29)30)15-31-23(27)25-20-5-3-2-4-6-20/h7-15,20H,2-6H2,1H3/b25-23?,26-16+. The predicted molar refractivity (Wildman–Crippen MR) is 129 cm³/mol. The average molecular weight is 499 g/mol. The van der Waals surface area contributed by atoms with Gasteiger partial charge < -0.3 is 0 Å². The summed E-state index contributed by atoms with van der Waals surface area (Å²) in [7, 11) is 0. The third kappa shape index (κ3) is 5.19. The zero-order valence-corrected chi connectivity index (χ0v) is 19.6. The maximum absolute atomic E-state index is 11.0. The number of aromatic nitrogens is 1. The minimum atomic E-state index is -0.384. The summed E-state index contributed by atoms with van der Waals surface area (Å²) in [5, 5.41) is 18.0. The minimum Gasteiger partial charge on any atom is -0.258 e. The Morgan fingerprint density at radius 3 is 2.42 bits per heavy atom. The van der Waals surface area contributed by atoms with E-state index in [0.29, 0.717) is 6.04 Å². The fourth-order valence-electron chi connectivity index (χ4n) is 3.70. The maximum Gasteiger partial charge on any atom is 0.269 e. The molecule has 0 N–H and O–H groups in total. The minimum absolute atomic E-state index is 0.0761. The number of non-ortho nitro benzene ring substituents is 1. The van der Waals surface area contributed by atoms with E-state index < -0.39 is 0 Å². The van der Waals surface area contributed by atoms with Crippen LogP contribution in [-0.4, -0.2) is 21.4 Å². The Kier molecular flexibility index (Phi) is 6.77. The Balaban J connectivity index is 1.79. The van der Waals surface area contributed by atoms with Crippen molar-refractivity contribution in [1.82, 2.24) is 4.68 Å². The van der Waals surface area contributed by atoms with Gasteiger partial charge in [-0.15, -0.1) is 11.3 Å². The molecule has 0 aliphatic heterocycles. The lowest BCUT2D eigenvalue weighted by molar-refractivity contribution is -0.384. The van der Waals surface area contributed by atoms with Crippen molar-refractivity contribution >= 4 is 38.7 Å². The molecule has 4 rings (SSSR count). The van der Waals surface area contributed by atoms with Gasteiger partial charge in [-0.1, -0.05) is 47.3 Å². The van der Waals surface area contributed by atoms with Crippen LogP contribution in [0.4, 0.5) is 5.69 Å². The number of hydrogen-bond acceptors (Lipinski definition) is 5. The highest BCUT2D eigenvalue weighted by molar-refractivity contribution is 9.10. The Hall–Kier alpha value is -2.58. The van der Waals surface area contributed by atoms with Crippen LogP contribution in [0.2, 0.25) is 0 Å². The van der Waals surface area contributed by atoms with Gasteiger partial charge in [-0.2, -0.15) is 5.10 Å². The first-order valence-electron chi connectivity index (χ1n) is 10.3. The quantitative estimate of drug-likeness (QED) is 0.232. The number of nitro groups is 1. The zero-order chi connectivity index (χ0) is 21.8. The lowest BCUT2D eigenvalue weighted by Gasteiger charge is -2.17. The van der Waals surface area contributed by atoms with Crippen LogP contribution < -0.4 is 4.80 Å². The predicted octanol–water partition coefficient (Wildman–Crippen LogP) is 6.39. The number of nitro benzene ring substituents is 1. The van der Waals surface area contributed by atoms with Gasteiger partial charge in [0.25, 0.3) is 5.69 Å². The van der Waals surface area contributed by atoms with Crippen LogP contribution in [0.1, 0.15) is 44.6 Å². The van der Waals surface area contributed by atoms with Crippen LogP contribution in [0.3, 0.4) is 0 Å². The summed E-state index contributed by atoms with van der Waals surface area (Å²) in [6.45, 7) is 1.98. The smallest absolute Gasteiger partial charge is 0.258 e. The number of halogens is 1. The second kappa shape index (κ2) is 9.70. The van der Waals surface area contributed by atoms with Crippen LogP contribution >= 0.6 is 27.3 Å². The van der Waals surface area contributed by atoms with Crippen molar-refractivity contribution in [3.8, 4) is 11.3 Å². The van der Waals surface area contributed by atoms with E-state index in [2.05, 4.69) is 15.9 Å². The maximum atomic E-state index is 11.0. The molecule has 8 heteroatoms. The zero-order valence-electron chi connectivity index (χ0n) is 17.2. The van der Waals surface area contributed by atoms with E-state index in [4.69, 9.17) is 10.1 Å². The second-order valence-corrected chi connectivity index (χ2v) is 9.38. The van der Waals surface area contributed by atoms with E-state index in [0.717, 1.165) is 44.6 Å². The van der Waals surface area contributed by atoms with E-state index in [9.17, 15) is 10.1 Å². The molecule has 0 bridgehead atoms. The highest BCUT2D eigenvalue weighted by Crippen LogP contribution is 2.25. The van der Waals surface area contributed by atoms with Crippen LogP contribution in [0.15, 0.2) is 68.5 Å². The van der Waals surface area contributed by atoms with E-state index in [1.54, 1.807) is 23.5 Å². The van der Waals surface area contributed by atoms with Crippen LogP contribution in [0.5, 0.6) is 0 Å². The van der Waals surface area contributed by atoms with Gasteiger partial charge in [0.1, 0.15) is 0 Å². The molecule has 1 aliphatic rings. The summed E-state index contributed by atoms with van der Waals surface area (Å²) >= 11 is 5.04. The van der Waals surface area contributed by atoms with Crippen molar-refractivity contribution < 1.29 is 4.92 Å². The summed E-state index contributed by atoms with van der Waals surface area (Å²) in [5.74, 6) is 0. The molecule has 160 valence electrons. The van der Waals surface area contributed by atoms with Crippen LogP contribution in [0.25, 0.3) is 11.3 Å². The molecule has 3 aromatic rings. The Morgan fingerprint density at radius 2 is 1.77 bits per heavy atom. The van der Waals surface area contributed by atoms with Crippen molar-refractivity contribution in [3.63, 3.8) is 0 Å². The number of rotatable bonds is 5. The number of thiazole rings is 1. The Labute approximate surface area is 193 Å². The lowest BCUT2D eigenvalue weighted by Crippen LogP contribution is -2.19. The molecule has 6 nitrogen and oxygen atoms in total. The van der Waals surface area contributed by atoms with Gasteiger partial charge in [0.15, 0.2) is 0 Å². The highest BCUT2D eigenvalue weighted by Gasteiger charge is 2.15. The Bertz CT molecular complexity index is 1160. The molecule has 0 saturated heterocycles. The van der Waals surface area contributed by atoms with Gasteiger partial charge in [0.2, 0.25) is 4.80 Å². The first-order valence-corrected chi connectivity index (χ1v) is 12.0. The summed E-state index contributed by atoms with van der Waals surface area (Å²) in [6.07, 6.45) is 5.94. The van der Waals surface area contributed by atoms with E-state index in [1.807, 2.05) is 41.2 Å². The van der Waals surface area contributed by atoms with Crippen molar-refractivity contribution in [3.05, 3.63) is 78.9 Å². The molecule has 0 spiro atoms. The molecule has 1 aliphatic carbocycles. The van der Waals surface area contributed by atoms with Gasteiger partial charge >= 0.3 is 0 Å². The molecule has 0 unspecified atom stereocenters. The van der Waals surface area contributed by atoms with Crippen molar-refractivity contribution in [2.24, 2.45) is 10.1 Å². The molecule has 0 radical (unpaired) electrons. The van der Waals surface area contributed by atoms with Gasteiger partial charge in [0.05, 0.1) is 22.4 Å². The highest BCUT2D eigenvalue weighted by atomic mass is 79.9. The van der Waals surface area contributed by atoms with Gasteiger partial charge in [0, 0.05) is 27.5 Å². The molecule has 31 heavy (non-hydrogen) atoms. The SMILES string of the molecule is C/C(=N\n1c(-c2ccc([N+](=O)[O-])cc2)csc1=NC1CCCCC1)c1ccc(Br)cc1. The third-order valence-electron chi connectivity index (χ3n) is 5.44. The number of nitrogens with zero attached hydrogens (tertiary/aromatic N) is 4. The van der Waals surface area contributed by atoms with Crippen molar-refractivity contribution in [2.75, 3.05) is 0 Å². The second-order valence-electron chi connectivity index (χ2n) is 7.63. The normalized spacial score (nSPS) is 15.9.